The van der Waals surface area contributed by atoms with Gasteiger partial charge < -0.3 is 5.32 Å². The van der Waals surface area contributed by atoms with Gasteiger partial charge in [-0.25, -0.2) is 8.78 Å². The van der Waals surface area contributed by atoms with Crippen LogP contribution in [0.3, 0.4) is 0 Å². The third-order valence-corrected chi connectivity index (χ3v) is 3.45. The fourth-order valence-corrected chi connectivity index (χ4v) is 2.39. The van der Waals surface area contributed by atoms with Gasteiger partial charge in [-0.2, -0.15) is 0 Å². The van der Waals surface area contributed by atoms with E-state index in [2.05, 4.69) is 17.2 Å². The van der Waals surface area contributed by atoms with E-state index in [4.69, 9.17) is 0 Å². The Morgan fingerprint density at radius 2 is 1.86 bits per heavy atom. The van der Waals surface area contributed by atoms with Crippen LogP contribution >= 0.6 is 0 Å². The van der Waals surface area contributed by atoms with Crippen molar-refractivity contribution in [3.8, 4) is 0 Å². The maximum atomic E-state index is 13.5. The van der Waals surface area contributed by atoms with Crippen molar-refractivity contribution in [3.05, 3.63) is 64.5 Å². The number of rotatable bonds is 5. The first-order valence-electron chi connectivity index (χ1n) is 7.15. The first-order valence-corrected chi connectivity index (χ1v) is 7.15. The molecule has 4 heteroatoms. The lowest BCUT2D eigenvalue weighted by Crippen LogP contribution is -2.24. The molecular weight excluding hydrogens is 270 g/mol. The average molecular weight is 290 g/mol. The molecule has 0 radical (unpaired) electrons. The topological polar surface area (TPSA) is 24.9 Å². The Morgan fingerprint density at radius 1 is 1.10 bits per heavy atom. The number of aryl methyl sites for hydroxylation is 2. The number of hydrogen-bond acceptors (Lipinski definition) is 2. The van der Waals surface area contributed by atoms with Crippen LogP contribution in [0.4, 0.5) is 8.78 Å². The minimum atomic E-state index is -0.827. The fraction of sp³-hybridized carbons (Fsp3) is 0.353. The summed E-state index contributed by atoms with van der Waals surface area (Å²) >= 11 is 0. The quantitative estimate of drug-likeness (QED) is 0.898. The molecule has 0 aliphatic carbocycles. The van der Waals surface area contributed by atoms with Gasteiger partial charge in [0.05, 0.1) is 6.04 Å². The molecule has 1 unspecified atom stereocenters. The first kappa shape index (κ1) is 15.6. The summed E-state index contributed by atoms with van der Waals surface area (Å²) in [5, 5.41) is 3.38. The molecule has 2 rings (SSSR count). The van der Waals surface area contributed by atoms with Crippen LogP contribution < -0.4 is 5.32 Å². The largest absolute Gasteiger partial charge is 0.306 e. The third kappa shape index (κ3) is 3.64. The van der Waals surface area contributed by atoms with Crippen LogP contribution in [0.5, 0.6) is 0 Å². The van der Waals surface area contributed by atoms with E-state index in [0.29, 0.717) is 5.56 Å². The molecule has 0 aliphatic rings. The van der Waals surface area contributed by atoms with E-state index in [-0.39, 0.29) is 6.04 Å². The summed E-state index contributed by atoms with van der Waals surface area (Å²) in [7, 11) is 0. The van der Waals surface area contributed by atoms with E-state index in [1.54, 1.807) is 6.07 Å². The summed E-state index contributed by atoms with van der Waals surface area (Å²) in [6, 6.07) is 7.78. The van der Waals surface area contributed by atoms with Gasteiger partial charge in [-0.3, -0.25) is 4.98 Å². The number of aromatic nitrogens is 1. The molecule has 0 amide bonds. The van der Waals surface area contributed by atoms with Crippen LogP contribution in [0.15, 0.2) is 30.3 Å². The molecule has 0 aliphatic heterocycles. The molecule has 1 atom stereocenters. The van der Waals surface area contributed by atoms with E-state index in [0.717, 1.165) is 29.9 Å². The molecular formula is C17H20F2N2. The van der Waals surface area contributed by atoms with Crippen molar-refractivity contribution in [2.75, 3.05) is 6.54 Å². The molecule has 1 N–H and O–H groups in total. The Labute approximate surface area is 124 Å². The van der Waals surface area contributed by atoms with Gasteiger partial charge in [0.25, 0.3) is 0 Å². The summed E-state index contributed by atoms with van der Waals surface area (Å²) in [4.78, 5) is 4.46. The molecule has 0 saturated carbocycles. The summed E-state index contributed by atoms with van der Waals surface area (Å²) < 4.78 is 26.7. The van der Waals surface area contributed by atoms with Crippen molar-refractivity contribution < 1.29 is 8.78 Å². The predicted octanol–water partition coefficient (Wildman–Crippen LogP) is 4.07. The minimum absolute atomic E-state index is 0.187. The van der Waals surface area contributed by atoms with Gasteiger partial charge in [-0.05, 0) is 56.1 Å². The monoisotopic (exact) mass is 290 g/mol. The fourth-order valence-electron chi connectivity index (χ4n) is 2.39. The number of hydrogen-bond donors (Lipinski definition) is 1. The van der Waals surface area contributed by atoms with Gasteiger partial charge in [0.15, 0.2) is 11.6 Å². The summed E-state index contributed by atoms with van der Waals surface area (Å²) in [5.74, 6) is -1.65. The molecule has 21 heavy (non-hydrogen) atoms. The Balaban J connectivity index is 2.44. The van der Waals surface area contributed by atoms with Crippen LogP contribution in [0.2, 0.25) is 0 Å². The Morgan fingerprint density at radius 3 is 2.48 bits per heavy atom. The molecule has 0 bridgehead atoms. The highest BCUT2D eigenvalue weighted by Gasteiger charge is 2.18. The average Bonchev–Trinajstić information content (AvgIpc) is 2.44. The van der Waals surface area contributed by atoms with Crippen LogP contribution in [-0.4, -0.2) is 11.5 Å². The van der Waals surface area contributed by atoms with Gasteiger partial charge in [0, 0.05) is 11.4 Å². The second-order valence-electron chi connectivity index (χ2n) is 5.19. The summed E-state index contributed by atoms with van der Waals surface area (Å²) in [6.07, 6.45) is 0.957. The number of nitrogens with one attached hydrogen (secondary N) is 1. The van der Waals surface area contributed by atoms with Gasteiger partial charge in [-0.15, -0.1) is 0 Å². The lowest BCUT2D eigenvalue weighted by molar-refractivity contribution is 0.503. The lowest BCUT2D eigenvalue weighted by Gasteiger charge is -2.21. The Kier molecular flexibility index (Phi) is 5.02. The highest BCUT2D eigenvalue weighted by atomic mass is 19.2. The normalized spacial score (nSPS) is 12.4. The maximum Gasteiger partial charge on any atom is 0.159 e. The first-order chi connectivity index (χ1) is 10.0. The molecule has 1 heterocycles. The minimum Gasteiger partial charge on any atom is -0.306 e. The lowest BCUT2D eigenvalue weighted by atomic mass is 9.97. The molecule has 1 aromatic carbocycles. The highest BCUT2D eigenvalue weighted by Crippen LogP contribution is 2.25. The van der Waals surface area contributed by atoms with Gasteiger partial charge in [-0.1, -0.05) is 19.1 Å². The van der Waals surface area contributed by atoms with Gasteiger partial charge in [0.2, 0.25) is 0 Å². The van der Waals surface area contributed by atoms with Crippen LogP contribution in [0, 0.1) is 25.5 Å². The van der Waals surface area contributed by atoms with Crippen LogP contribution in [0.1, 0.15) is 41.9 Å². The molecule has 0 spiro atoms. The molecule has 2 aromatic rings. The Hall–Kier alpha value is -1.81. The standard InChI is InChI=1S/C17H20F2N2/c1-4-9-20-17(13-6-8-15(18)16(19)10-13)14-7-5-11(2)21-12(14)3/h5-8,10,17,20H,4,9H2,1-3H3. The zero-order valence-corrected chi connectivity index (χ0v) is 12.6. The van der Waals surface area contributed by atoms with E-state index in [9.17, 15) is 8.78 Å². The second kappa shape index (κ2) is 6.76. The zero-order valence-electron chi connectivity index (χ0n) is 12.6. The maximum absolute atomic E-state index is 13.5. The SMILES string of the molecule is CCCNC(c1ccc(F)c(F)c1)c1ccc(C)nc1C. The number of benzene rings is 1. The van der Waals surface area contributed by atoms with Crippen LogP contribution in [0.25, 0.3) is 0 Å². The van der Waals surface area contributed by atoms with Crippen molar-refractivity contribution >= 4 is 0 Å². The molecule has 0 saturated heterocycles. The number of pyridine rings is 1. The smallest absolute Gasteiger partial charge is 0.159 e. The number of halogens is 2. The Bertz CT molecular complexity index is 626. The van der Waals surface area contributed by atoms with E-state index >= 15 is 0 Å². The van der Waals surface area contributed by atoms with Crippen molar-refractivity contribution in [3.63, 3.8) is 0 Å². The zero-order chi connectivity index (χ0) is 15.4. The highest BCUT2D eigenvalue weighted by molar-refractivity contribution is 5.35. The van der Waals surface area contributed by atoms with E-state index in [1.807, 2.05) is 26.0 Å². The summed E-state index contributed by atoms with van der Waals surface area (Å²) in [6.45, 7) is 6.72. The molecule has 1 aromatic heterocycles. The third-order valence-electron chi connectivity index (χ3n) is 3.45. The van der Waals surface area contributed by atoms with E-state index in [1.165, 1.54) is 12.1 Å². The second-order valence-corrected chi connectivity index (χ2v) is 5.19. The van der Waals surface area contributed by atoms with Crippen molar-refractivity contribution in [2.45, 2.75) is 33.2 Å². The van der Waals surface area contributed by atoms with Crippen molar-refractivity contribution in [1.29, 1.82) is 0 Å². The van der Waals surface area contributed by atoms with Crippen molar-refractivity contribution in [1.82, 2.24) is 10.3 Å². The van der Waals surface area contributed by atoms with Gasteiger partial charge in [0.1, 0.15) is 0 Å². The predicted molar refractivity (Wildman–Crippen MR) is 80.2 cm³/mol. The van der Waals surface area contributed by atoms with Crippen molar-refractivity contribution in [2.24, 2.45) is 0 Å². The molecule has 112 valence electrons. The van der Waals surface area contributed by atoms with E-state index < -0.39 is 11.6 Å². The molecule has 0 fully saturated rings. The molecule has 2 nitrogen and oxygen atoms in total. The van der Waals surface area contributed by atoms with Gasteiger partial charge >= 0.3 is 0 Å². The van der Waals surface area contributed by atoms with Crippen LogP contribution in [-0.2, 0) is 0 Å². The summed E-state index contributed by atoms with van der Waals surface area (Å²) in [5.41, 5.74) is 3.53. The number of nitrogens with zero attached hydrogens (tertiary/aromatic N) is 1.